The van der Waals surface area contributed by atoms with Gasteiger partial charge < -0.3 is 24.7 Å². The first-order chi connectivity index (χ1) is 14.4. The largest absolute Gasteiger partial charge is 0.466 e. The fourth-order valence-corrected chi connectivity index (χ4v) is 2.99. The fourth-order valence-electron chi connectivity index (χ4n) is 2.99. The summed E-state index contributed by atoms with van der Waals surface area (Å²) in [6.07, 6.45) is -0.363. The quantitative estimate of drug-likeness (QED) is 0.524. The Hall–Kier alpha value is -3.80. The van der Waals surface area contributed by atoms with Crippen LogP contribution in [0.3, 0.4) is 0 Å². The van der Waals surface area contributed by atoms with Gasteiger partial charge in [-0.05, 0) is 31.5 Å². The van der Waals surface area contributed by atoms with Crippen LogP contribution in [0.5, 0.6) is 0 Å². The molecular weight excluding hydrogens is 392 g/mol. The third-order valence-corrected chi connectivity index (χ3v) is 4.27. The number of nitriles is 1. The highest BCUT2D eigenvalue weighted by Gasteiger charge is 2.38. The number of nitrogens with zero attached hydrogens (tertiary/aromatic N) is 1. The van der Waals surface area contributed by atoms with Crippen molar-refractivity contribution in [2.24, 2.45) is 5.73 Å². The molecule has 1 atom stereocenters. The average Bonchev–Trinajstić information content (AvgIpc) is 2.73. The van der Waals surface area contributed by atoms with E-state index in [4.69, 9.17) is 19.9 Å². The number of hydrogen-bond donors (Lipinski definition) is 1. The Kier molecular flexibility index (Phi) is 7.58. The molecule has 30 heavy (non-hydrogen) atoms. The number of nitrogens with two attached hydrogens (primary N) is 1. The molecule has 2 N–H and O–H groups in total. The van der Waals surface area contributed by atoms with E-state index >= 15 is 0 Å². The van der Waals surface area contributed by atoms with Crippen LogP contribution in [0.1, 0.15) is 42.1 Å². The molecular formula is C21H22N2O7. The summed E-state index contributed by atoms with van der Waals surface area (Å²) in [5.74, 6) is -3.13. The standard InChI is InChI=1S/C21H22N2O7/c1-4-28-16(24)10-15-18(21(26)29-5-2)17(14(11-22)19(23)30-15)12-6-8-13(9-7-12)20(25)27-3/h6-9,17H,4-5,10,23H2,1-3H3. The maximum Gasteiger partial charge on any atom is 0.338 e. The number of allylic oxidation sites excluding steroid dienone is 1. The van der Waals surface area contributed by atoms with Crippen molar-refractivity contribution in [2.45, 2.75) is 26.2 Å². The van der Waals surface area contributed by atoms with Gasteiger partial charge in [0, 0.05) is 0 Å². The van der Waals surface area contributed by atoms with Crippen molar-refractivity contribution in [2.75, 3.05) is 20.3 Å². The number of carbonyl (C=O) groups excluding carboxylic acids is 3. The van der Waals surface area contributed by atoms with Crippen LogP contribution in [-0.2, 0) is 28.5 Å². The van der Waals surface area contributed by atoms with Crippen LogP contribution in [0.2, 0.25) is 0 Å². The summed E-state index contributed by atoms with van der Waals surface area (Å²) >= 11 is 0. The minimum atomic E-state index is -0.945. The van der Waals surface area contributed by atoms with Crippen LogP contribution in [-0.4, -0.2) is 38.2 Å². The minimum Gasteiger partial charge on any atom is -0.466 e. The van der Waals surface area contributed by atoms with Gasteiger partial charge in [-0.2, -0.15) is 5.26 Å². The summed E-state index contributed by atoms with van der Waals surface area (Å²) in [5, 5.41) is 9.65. The van der Waals surface area contributed by atoms with Crippen LogP contribution in [0.25, 0.3) is 0 Å². The lowest BCUT2D eigenvalue weighted by Crippen LogP contribution is -2.27. The lowest BCUT2D eigenvalue weighted by atomic mass is 9.82. The first-order valence-electron chi connectivity index (χ1n) is 9.19. The maximum absolute atomic E-state index is 12.8. The van der Waals surface area contributed by atoms with Gasteiger partial charge >= 0.3 is 17.9 Å². The molecule has 0 spiro atoms. The first kappa shape index (κ1) is 22.5. The van der Waals surface area contributed by atoms with Crippen molar-refractivity contribution in [1.82, 2.24) is 0 Å². The second kappa shape index (κ2) is 10.1. The Balaban J connectivity index is 2.61. The predicted octanol–water partition coefficient (Wildman–Crippen LogP) is 2.05. The summed E-state index contributed by atoms with van der Waals surface area (Å²) in [4.78, 5) is 36.5. The number of rotatable bonds is 7. The number of carbonyl (C=O) groups is 3. The smallest absolute Gasteiger partial charge is 0.338 e. The topological polar surface area (TPSA) is 138 Å². The van der Waals surface area contributed by atoms with Gasteiger partial charge in [0.25, 0.3) is 0 Å². The average molecular weight is 414 g/mol. The molecule has 0 amide bonds. The molecule has 0 aromatic heterocycles. The van der Waals surface area contributed by atoms with Crippen LogP contribution >= 0.6 is 0 Å². The van der Waals surface area contributed by atoms with Crippen molar-refractivity contribution in [3.63, 3.8) is 0 Å². The molecule has 1 aliphatic rings. The van der Waals surface area contributed by atoms with Crippen molar-refractivity contribution in [3.05, 3.63) is 58.2 Å². The zero-order valence-electron chi connectivity index (χ0n) is 16.9. The van der Waals surface area contributed by atoms with Crippen molar-refractivity contribution in [3.8, 4) is 6.07 Å². The van der Waals surface area contributed by atoms with E-state index in [2.05, 4.69) is 4.74 Å². The second-order valence-electron chi connectivity index (χ2n) is 6.08. The summed E-state index contributed by atoms with van der Waals surface area (Å²) < 4.78 is 20.2. The Bertz CT molecular complexity index is 939. The first-order valence-corrected chi connectivity index (χ1v) is 9.19. The Morgan fingerprint density at radius 3 is 2.27 bits per heavy atom. The van der Waals surface area contributed by atoms with E-state index in [-0.39, 0.29) is 48.0 Å². The van der Waals surface area contributed by atoms with E-state index in [1.54, 1.807) is 26.0 Å². The lowest BCUT2D eigenvalue weighted by Gasteiger charge is -2.28. The van der Waals surface area contributed by atoms with Gasteiger partial charge in [-0.25, -0.2) is 9.59 Å². The summed E-state index contributed by atoms with van der Waals surface area (Å²) in [6.45, 7) is 3.49. The zero-order chi connectivity index (χ0) is 22.3. The van der Waals surface area contributed by atoms with E-state index in [1.807, 2.05) is 6.07 Å². The van der Waals surface area contributed by atoms with E-state index in [1.165, 1.54) is 19.2 Å². The van der Waals surface area contributed by atoms with Gasteiger partial charge in [-0.15, -0.1) is 0 Å². The van der Waals surface area contributed by atoms with E-state index < -0.39 is 23.8 Å². The molecule has 0 saturated carbocycles. The molecule has 1 aliphatic heterocycles. The van der Waals surface area contributed by atoms with Crippen LogP contribution in [0.4, 0.5) is 0 Å². The fraction of sp³-hybridized carbons (Fsp3) is 0.333. The zero-order valence-corrected chi connectivity index (χ0v) is 16.9. The SMILES string of the molecule is CCOC(=O)CC1=C(C(=O)OCC)C(c2ccc(C(=O)OC)cc2)C(C#N)=C(N)O1. The van der Waals surface area contributed by atoms with E-state index in [0.717, 1.165) is 0 Å². The van der Waals surface area contributed by atoms with Crippen LogP contribution in [0.15, 0.2) is 47.1 Å². The summed E-state index contributed by atoms with van der Waals surface area (Å²) in [6, 6.07) is 8.08. The minimum absolute atomic E-state index is 0.0171. The van der Waals surface area contributed by atoms with Gasteiger partial charge in [0.15, 0.2) is 0 Å². The molecule has 1 heterocycles. The van der Waals surface area contributed by atoms with Gasteiger partial charge in [-0.3, -0.25) is 4.79 Å². The highest BCUT2D eigenvalue weighted by molar-refractivity contribution is 5.94. The molecule has 0 aliphatic carbocycles. The van der Waals surface area contributed by atoms with Gasteiger partial charge in [0.1, 0.15) is 23.8 Å². The molecule has 1 unspecified atom stereocenters. The van der Waals surface area contributed by atoms with Gasteiger partial charge in [-0.1, -0.05) is 12.1 Å². The number of benzene rings is 1. The summed E-state index contributed by atoms with van der Waals surface area (Å²) in [5.41, 5.74) is 6.64. The van der Waals surface area contributed by atoms with Crippen molar-refractivity contribution < 1.29 is 33.3 Å². The third-order valence-electron chi connectivity index (χ3n) is 4.27. The van der Waals surface area contributed by atoms with Crippen LogP contribution in [0, 0.1) is 11.3 Å². The predicted molar refractivity (Wildman–Crippen MR) is 103 cm³/mol. The number of ether oxygens (including phenoxy) is 4. The summed E-state index contributed by atoms with van der Waals surface area (Å²) in [7, 11) is 1.26. The van der Waals surface area contributed by atoms with Crippen molar-refractivity contribution in [1.29, 1.82) is 5.26 Å². The maximum atomic E-state index is 12.8. The Morgan fingerprint density at radius 2 is 1.73 bits per heavy atom. The highest BCUT2D eigenvalue weighted by Crippen LogP contribution is 2.40. The van der Waals surface area contributed by atoms with Gasteiger partial charge in [0.2, 0.25) is 5.88 Å². The monoisotopic (exact) mass is 414 g/mol. The molecule has 0 fully saturated rings. The molecule has 0 radical (unpaired) electrons. The van der Waals surface area contributed by atoms with E-state index in [0.29, 0.717) is 5.56 Å². The molecule has 0 saturated heterocycles. The normalized spacial score (nSPS) is 15.7. The van der Waals surface area contributed by atoms with Gasteiger partial charge in [0.05, 0.1) is 37.4 Å². The number of methoxy groups -OCH3 is 1. The Labute approximate surface area is 173 Å². The molecule has 1 aromatic rings. The molecule has 1 aromatic carbocycles. The molecule has 9 nitrogen and oxygen atoms in total. The second-order valence-corrected chi connectivity index (χ2v) is 6.08. The molecule has 0 bridgehead atoms. The Morgan fingerprint density at radius 1 is 1.10 bits per heavy atom. The molecule has 9 heteroatoms. The van der Waals surface area contributed by atoms with Crippen LogP contribution < -0.4 is 5.73 Å². The third kappa shape index (κ3) is 4.78. The number of esters is 3. The van der Waals surface area contributed by atoms with Crippen molar-refractivity contribution >= 4 is 17.9 Å². The lowest BCUT2D eigenvalue weighted by molar-refractivity contribution is -0.143. The molecule has 158 valence electrons. The number of hydrogen-bond acceptors (Lipinski definition) is 9. The molecule has 2 rings (SSSR count). The van der Waals surface area contributed by atoms with E-state index in [9.17, 15) is 19.6 Å². The highest BCUT2D eigenvalue weighted by atomic mass is 16.5.